The fourth-order valence-electron chi connectivity index (χ4n) is 7.11. The second kappa shape index (κ2) is 15.3. The molecule has 4 aromatic carbocycles. The number of halogens is 2. The molecule has 2 aliphatic rings. The van der Waals surface area contributed by atoms with Crippen molar-refractivity contribution in [3.05, 3.63) is 165 Å². The first kappa shape index (κ1) is 35.4. The molecule has 0 spiro atoms. The van der Waals surface area contributed by atoms with Gasteiger partial charge in [0.15, 0.2) is 0 Å². The first-order valence-corrected chi connectivity index (χ1v) is 17.6. The number of nitrogens with zero attached hydrogens (tertiary/aromatic N) is 4. The highest BCUT2D eigenvalue weighted by atomic mass is 19.1. The van der Waals surface area contributed by atoms with Gasteiger partial charge in [0.25, 0.3) is 17.4 Å². The average molecular weight is 721 g/mol. The maximum absolute atomic E-state index is 14.2. The first-order valence-electron chi connectivity index (χ1n) is 17.6. The lowest BCUT2D eigenvalue weighted by Crippen LogP contribution is -2.61. The number of likely N-dealkylation sites (tertiary alicyclic amines) is 2. The summed E-state index contributed by atoms with van der Waals surface area (Å²) >= 11 is 0. The SMILES string of the molecule is Cc1cn(CCCN2C(=O)[C@@H](Oc3ccccc3)[C@H]2c2cccc(F)c2)c(=O)n(CCCN2C(=O)[C@H](Oc3ccccc3)[C@@H]2c2cccc(F)c2)c1=O. The van der Waals surface area contributed by atoms with Gasteiger partial charge in [-0.3, -0.25) is 19.0 Å². The number of ether oxygens (including phenoxy) is 2. The van der Waals surface area contributed by atoms with Crippen molar-refractivity contribution in [3.8, 4) is 11.5 Å². The van der Waals surface area contributed by atoms with Crippen molar-refractivity contribution < 1.29 is 27.8 Å². The van der Waals surface area contributed by atoms with E-state index in [1.165, 1.54) is 35.0 Å². The molecule has 1 aromatic heterocycles. The molecule has 0 aliphatic carbocycles. The van der Waals surface area contributed by atoms with Gasteiger partial charge in [-0.2, -0.15) is 0 Å². The van der Waals surface area contributed by atoms with Crippen LogP contribution in [0.5, 0.6) is 11.5 Å². The van der Waals surface area contributed by atoms with Gasteiger partial charge < -0.3 is 23.8 Å². The van der Waals surface area contributed by atoms with Crippen LogP contribution < -0.4 is 20.7 Å². The standard InChI is InChI=1S/C41H38F2N4O6/c1-27-26-44(20-10-21-45-34(28-12-8-14-30(42)24-28)36(39(45)49)52-32-16-4-2-5-17-32)41(51)47(38(27)48)23-11-22-46-35(29-13-9-15-31(43)25-29)37(40(46)50)53-33-18-6-3-7-19-33/h2-9,12-19,24-26,34-37H,10-11,20-23H2,1H3/t34-,35+,36+,37-/m1/s1. The summed E-state index contributed by atoms with van der Waals surface area (Å²) in [5.74, 6) is -0.333. The number of aromatic nitrogens is 2. The van der Waals surface area contributed by atoms with Crippen molar-refractivity contribution in [1.29, 1.82) is 0 Å². The number of rotatable bonds is 14. The minimum absolute atomic E-state index is 0.0496. The summed E-state index contributed by atoms with van der Waals surface area (Å²) in [6, 6.07) is 28.9. The van der Waals surface area contributed by atoms with Crippen LogP contribution in [-0.2, 0) is 22.7 Å². The van der Waals surface area contributed by atoms with E-state index >= 15 is 0 Å². The molecule has 0 radical (unpaired) electrons. The Morgan fingerprint density at radius 1 is 0.585 bits per heavy atom. The summed E-state index contributed by atoms with van der Waals surface area (Å²) in [6.07, 6.45) is 0.499. The highest BCUT2D eigenvalue weighted by Gasteiger charge is 2.51. The lowest BCUT2D eigenvalue weighted by atomic mass is 9.90. The number of benzene rings is 4. The van der Waals surface area contributed by atoms with Crippen LogP contribution in [-0.4, -0.2) is 56.0 Å². The highest BCUT2D eigenvalue weighted by Crippen LogP contribution is 2.39. The highest BCUT2D eigenvalue weighted by molar-refractivity contribution is 5.90. The smallest absolute Gasteiger partial charge is 0.330 e. The average Bonchev–Trinajstić information content (AvgIpc) is 3.16. The lowest BCUT2D eigenvalue weighted by molar-refractivity contribution is -0.164. The van der Waals surface area contributed by atoms with Crippen molar-refractivity contribution in [2.45, 2.75) is 57.1 Å². The molecule has 0 N–H and O–H groups in total. The van der Waals surface area contributed by atoms with Gasteiger partial charge in [0, 0.05) is 37.9 Å². The minimum atomic E-state index is -0.850. The summed E-state index contributed by atoms with van der Waals surface area (Å²) in [6.45, 7) is 2.37. The van der Waals surface area contributed by atoms with Crippen LogP contribution in [0, 0.1) is 18.6 Å². The van der Waals surface area contributed by atoms with E-state index in [9.17, 15) is 28.0 Å². The molecule has 2 amide bonds. The van der Waals surface area contributed by atoms with Crippen LogP contribution in [0.15, 0.2) is 125 Å². The minimum Gasteiger partial charge on any atom is -0.478 e. The molecule has 53 heavy (non-hydrogen) atoms. The fraction of sp³-hybridized carbons (Fsp3) is 0.268. The molecule has 4 atom stereocenters. The predicted octanol–water partition coefficient (Wildman–Crippen LogP) is 5.44. The van der Waals surface area contributed by atoms with Gasteiger partial charge >= 0.3 is 5.69 Å². The molecule has 0 unspecified atom stereocenters. The Kier molecular flexibility index (Phi) is 10.2. The number of amides is 2. The Bertz CT molecular complexity index is 2230. The molecule has 5 aromatic rings. The van der Waals surface area contributed by atoms with E-state index in [0.717, 1.165) is 4.57 Å². The number of aryl methyl sites for hydroxylation is 2. The third-order valence-corrected chi connectivity index (χ3v) is 9.68. The summed E-state index contributed by atoms with van der Waals surface area (Å²) in [5, 5.41) is 0. The predicted molar refractivity (Wildman–Crippen MR) is 192 cm³/mol. The van der Waals surface area contributed by atoms with E-state index < -0.39 is 47.2 Å². The Balaban J connectivity index is 1.02. The molecule has 272 valence electrons. The Hall–Kier alpha value is -6.04. The van der Waals surface area contributed by atoms with Crippen molar-refractivity contribution in [1.82, 2.24) is 18.9 Å². The zero-order valence-electron chi connectivity index (χ0n) is 29.0. The third-order valence-electron chi connectivity index (χ3n) is 9.68. The lowest BCUT2D eigenvalue weighted by Gasteiger charge is -2.47. The molecule has 0 bridgehead atoms. The van der Waals surface area contributed by atoms with E-state index in [-0.39, 0.29) is 44.4 Å². The number of β-lactam (4-membered cyclic amide) rings is 2. The van der Waals surface area contributed by atoms with Crippen molar-refractivity contribution >= 4 is 11.8 Å². The van der Waals surface area contributed by atoms with Gasteiger partial charge in [0.2, 0.25) is 12.2 Å². The maximum Gasteiger partial charge on any atom is 0.330 e. The van der Waals surface area contributed by atoms with Gasteiger partial charge in [-0.25, -0.2) is 13.6 Å². The monoisotopic (exact) mass is 720 g/mol. The van der Waals surface area contributed by atoms with Gasteiger partial charge in [0.05, 0.1) is 0 Å². The molecule has 3 heterocycles. The number of carbonyl (C=O) groups is 2. The largest absolute Gasteiger partial charge is 0.478 e. The molecule has 2 fully saturated rings. The number of hydrogen-bond acceptors (Lipinski definition) is 6. The zero-order chi connectivity index (χ0) is 37.1. The number of para-hydroxylation sites is 2. The van der Waals surface area contributed by atoms with E-state index in [1.807, 2.05) is 12.1 Å². The van der Waals surface area contributed by atoms with Crippen LogP contribution >= 0.6 is 0 Å². The van der Waals surface area contributed by atoms with Crippen molar-refractivity contribution in [2.75, 3.05) is 13.1 Å². The molecule has 2 saturated heterocycles. The van der Waals surface area contributed by atoms with E-state index in [0.29, 0.717) is 34.6 Å². The second-order valence-corrected chi connectivity index (χ2v) is 13.2. The summed E-state index contributed by atoms with van der Waals surface area (Å²) in [5.41, 5.74) is 0.611. The van der Waals surface area contributed by atoms with Gasteiger partial charge in [0.1, 0.15) is 35.2 Å². The summed E-state index contributed by atoms with van der Waals surface area (Å²) in [4.78, 5) is 56.5. The number of carbonyl (C=O) groups excluding carboxylic acids is 2. The van der Waals surface area contributed by atoms with Crippen LogP contribution in [0.1, 0.15) is 41.6 Å². The van der Waals surface area contributed by atoms with Crippen LogP contribution in [0.2, 0.25) is 0 Å². The van der Waals surface area contributed by atoms with Crippen LogP contribution in [0.4, 0.5) is 8.78 Å². The second-order valence-electron chi connectivity index (χ2n) is 13.2. The Morgan fingerprint density at radius 3 is 1.53 bits per heavy atom. The number of hydrogen-bond donors (Lipinski definition) is 0. The van der Waals surface area contributed by atoms with E-state index in [1.54, 1.807) is 89.5 Å². The third kappa shape index (κ3) is 7.35. The molecule has 2 aliphatic heterocycles. The molecule has 0 saturated carbocycles. The topological polar surface area (TPSA) is 103 Å². The first-order chi connectivity index (χ1) is 25.7. The maximum atomic E-state index is 14.2. The molecule has 12 heteroatoms. The van der Waals surface area contributed by atoms with E-state index in [2.05, 4.69) is 0 Å². The van der Waals surface area contributed by atoms with Crippen molar-refractivity contribution in [2.24, 2.45) is 0 Å². The quantitative estimate of drug-likeness (QED) is 0.142. The molecule has 7 rings (SSSR count). The van der Waals surface area contributed by atoms with E-state index in [4.69, 9.17) is 9.47 Å². The van der Waals surface area contributed by atoms with Crippen molar-refractivity contribution in [3.63, 3.8) is 0 Å². The molecule has 10 nitrogen and oxygen atoms in total. The van der Waals surface area contributed by atoms with Crippen LogP contribution in [0.3, 0.4) is 0 Å². The molecular weight excluding hydrogens is 682 g/mol. The van der Waals surface area contributed by atoms with Gasteiger partial charge in [-0.05, 0) is 79.4 Å². The summed E-state index contributed by atoms with van der Waals surface area (Å²) < 4.78 is 43.1. The van der Waals surface area contributed by atoms with Gasteiger partial charge in [-0.15, -0.1) is 0 Å². The summed E-state index contributed by atoms with van der Waals surface area (Å²) in [7, 11) is 0. The molecular formula is C41H38F2N4O6. The Labute approximate surface area is 304 Å². The zero-order valence-corrected chi connectivity index (χ0v) is 29.0. The van der Waals surface area contributed by atoms with Gasteiger partial charge in [-0.1, -0.05) is 60.7 Å². The van der Waals surface area contributed by atoms with Crippen LogP contribution in [0.25, 0.3) is 0 Å². The Morgan fingerprint density at radius 2 is 1.06 bits per heavy atom. The normalized spacial score (nSPS) is 19.5. The fourth-order valence-corrected chi connectivity index (χ4v) is 7.11.